The molecule has 0 unspecified atom stereocenters. The Morgan fingerprint density at radius 1 is 1.40 bits per heavy atom. The number of likely N-dealkylation sites (N-methyl/N-ethyl adjacent to an activating group) is 1. The van der Waals surface area contributed by atoms with E-state index in [0.29, 0.717) is 4.90 Å². The summed E-state index contributed by atoms with van der Waals surface area (Å²) in [5.41, 5.74) is -5.23. The Hall–Kier alpha value is -1.06. The lowest BCUT2D eigenvalue weighted by Gasteiger charge is -2.40. The molecule has 0 radical (unpaired) electrons. The Kier molecular flexibility index (Phi) is 1.26. The van der Waals surface area contributed by atoms with Crippen LogP contribution in [0, 0.1) is 0 Å². The van der Waals surface area contributed by atoms with Crippen molar-refractivity contribution >= 4 is 0 Å². The first-order valence-electron chi connectivity index (χ1n) is 15.6. The van der Waals surface area contributed by atoms with E-state index in [9.17, 15) is 5.11 Å². The molecule has 1 aromatic carbocycles. The molecular formula is C17H27NO2. The van der Waals surface area contributed by atoms with E-state index in [0.717, 1.165) is 7.05 Å². The molecule has 0 bridgehead atoms. The van der Waals surface area contributed by atoms with Crippen LogP contribution in [0.15, 0.2) is 24.2 Å². The van der Waals surface area contributed by atoms with Crippen LogP contribution in [0.2, 0.25) is 0 Å². The Morgan fingerprint density at radius 2 is 2.10 bits per heavy atom. The molecular weight excluding hydrogens is 250 g/mol. The molecule has 2 rings (SSSR count). The van der Waals surface area contributed by atoms with Crippen molar-refractivity contribution in [3.8, 4) is 5.75 Å². The van der Waals surface area contributed by atoms with E-state index in [1.807, 2.05) is 0 Å². The highest BCUT2D eigenvalue weighted by Gasteiger charge is 2.38. The highest BCUT2D eigenvalue weighted by molar-refractivity contribution is 5.31. The van der Waals surface area contributed by atoms with Crippen molar-refractivity contribution in [1.82, 2.24) is 4.90 Å². The summed E-state index contributed by atoms with van der Waals surface area (Å²) in [4.78, 5) is 0.398. The van der Waals surface area contributed by atoms with Crippen LogP contribution in [0.3, 0.4) is 0 Å². The highest BCUT2D eigenvalue weighted by Crippen LogP contribution is 2.40. The lowest BCUT2D eigenvalue weighted by molar-refractivity contribution is -0.0277. The molecule has 0 amide bonds. The molecule has 1 fully saturated rings. The number of hydrogen-bond donors (Lipinski definition) is 1. The normalized spacial score (nSPS) is 48.4. The SMILES string of the molecule is [2H]c1c([2H])c([C@@H](CN(C)C([2H])([2H])[2H])C2(O)C([2H])([2H])C([2H])([2H])C([2H])([2H])C([2H])([2H])C2([2H])[2H])c([2H])c([2H])c1OC([2H])([2H])[2H]. The average Bonchev–Trinajstić information content (AvgIpc) is 2.76. The summed E-state index contributed by atoms with van der Waals surface area (Å²) < 4.78 is 165. The summed E-state index contributed by atoms with van der Waals surface area (Å²) in [6.07, 6.45) is -20.3. The molecule has 112 valence electrons. The summed E-state index contributed by atoms with van der Waals surface area (Å²) in [6, 6.07) is -4.93. The molecule has 0 saturated heterocycles. The van der Waals surface area contributed by atoms with Crippen molar-refractivity contribution in [2.24, 2.45) is 0 Å². The molecule has 3 nitrogen and oxygen atoms in total. The highest BCUT2D eigenvalue weighted by atomic mass is 16.5. The van der Waals surface area contributed by atoms with Crippen molar-refractivity contribution in [2.45, 2.75) is 43.4 Å². The van der Waals surface area contributed by atoms with Crippen LogP contribution in [0.25, 0.3) is 0 Å². The van der Waals surface area contributed by atoms with E-state index < -0.39 is 99.4 Å². The van der Waals surface area contributed by atoms with Crippen molar-refractivity contribution < 1.29 is 37.3 Å². The number of benzene rings is 1. The van der Waals surface area contributed by atoms with Gasteiger partial charge >= 0.3 is 0 Å². The number of ether oxygens (including phenoxy) is 1. The van der Waals surface area contributed by atoms with Gasteiger partial charge in [-0.15, -0.1) is 0 Å². The van der Waals surface area contributed by atoms with Crippen LogP contribution in [0.4, 0.5) is 0 Å². The van der Waals surface area contributed by atoms with Gasteiger partial charge in [-0.3, -0.25) is 0 Å². The second-order valence-electron chi connectivity index (χ2n) is 4.17. The van der Waals surface area contributed by atoms with Gasteiger partial charge in [0.05, 0.1) is 22.2 Å². The monoisotopic (exact) mass is 297 g/mol. The fourth-order valence-corrected chi connectivity index (χ4v) is 1.73. The fraction of sp³-hybridized carbons (Fsp3) is 0.647. The minimum Gasteiger partial charge on any atom is -0.497 e. The van der Waals surface area contributed by atoms with Crippen LogP contribution in [-0.2, 0) is 0 Å². The number of aliphatic hydroxyl groups is 1. The summed E-state index contributed by atoms with van der Waals surface area (Å²) in [5.74, 6) is -3.75. The van der Waals surface area contributed by atoms with Crippen LogP contribution in [0.1, 0.15) is 70.8 Å². The summed E-state index contributed by atoms with van der Waals surface area (Å²) in [5, 5.41) is 11.9. The number of methoxy groups -OCH3 is 1. The standard InChI is InChI=1S/C17H27NO2/c1-18(2)13-16(17(19)11-5-4-6-12-17)14-7-9-15(20-3)10-8-14/h7-10,16,19H,4-6,11-13H2,1-3H3/t16-/m1/s1/i1D3,3D3,4D2,5D2,6D2,7D,8D,9D,10D,11D2,12D2. The van der Waals surface area contributed by atoms with Gasteiger partial charge in [-0.05, 0) is 44.4 Å². The predicted octanol–water partition coefficient (Wildman–Crippen LogP) is 3.04. The summed E-state index contributed by atoms with van der Waals surface area (Å²) >= 11 is 0. The molecule has 1 N–H and O–H groups in total. The van der Waals surface area contributed by atoms with E-state index in [1.54, 1.807) is 0 Å². The van der Waals surface area contributed by atoms with Gasteiger partial charge < -0.3 is 14.7 Å². The first-order chi connectivity index (χ1) is 17.4. The van der Waals surface area contributed by atoms with Gasteiger partial charge in [0.1, 0.15) is 5.75 Å². The largest absolute Gasteiger partial charge is 0.497 e. The van der Waals surface area contributed by atoms with Crippen LogP contribution in [0.5, 0.6) is 5.75 Å². The van der Waals surface area contributed by atoms with Crippen molar-refractivity contribution in [2.75, 3.05) is 27.6 Å². The first kappa shape index (κ1) is 3.82. The second kappa shape index (κ2) is 6.59. The molecule has 3 heteroatoms. The molecule has 0 heterocycles. The topological polar surface area (TPSA) is 32.7 Å². The zero-order valence-electron chi connectivity index (χ0n) is 30.6. The van der Waals surface area contributed by atoms with E-state index in [2.05, 4.69) is 4.74 Å². The zero-order valence-corrected chi connectivity index (χ0v) is 10.6. The van der Waals surface area contributed by atoms with Gasteiger partial charge in [0.25, 0.3) is 0 Å². The molecule has 1 aliphatic carbocycles. The molecule has 20 heavy (non-hydrogen) atoms. The van der Waals surface area contributed by atoms with Gasteiger partial charge in [-0.25, -0.2) is 0 Å². The second-order valence-corrected chi connectivity index (χ2v) is 4.17. The number of rotatable bonds is 5. The Bertz CT molecular complexity index is 1100. The maximum atomic E-state index is 11.9. The van der Waals surface area contributed by atoms with Gasteiger partial charge in [0.15, 0.2) is 0 Å². The summed E-state index contributed by atoms with van der Waals surface area (Å²) in [6.45, 7) is -4.34. The van der Waals surface area contributed by atoms with E-state index in [-0.39, 0.29) is 0 Å². The van der Waals surface area contributed by atoms with E-state index in [4.69, 9.17) is 27.4 Å². The van der Waals surface area contributed by atoms with Crippen molar-refractivity contribution in [3.05, 3.63) is 29.7 Å². The molecule has 0 aliphatic heterocycles. The van der Waals surface area contributed by atoms with Crippen molar-refractivity contribution in [3.63, 3.8) is 0 Å². The van der Waals surface area contributed by atoms with Crippen LogP contribution in [-0.4, -0.2) is 43.2 Å². The Labute approximate surface area is 150 Å². The lowest BCUT2D eigenvalue weighted by Crippen LogP contribution is -2.42. The van der Waals surface area contributed by atoms with Gasteiger partial charge in [0, 0.05) is 30.3 Å². The van der Waals surface area contributed by atoms with Crippen LogP contribution >= 0.6 is 0 Å². The number of nitrogens with zero attached hydrogens (tertiary/aromatic N) is 1. The first-order valence-corrected chi connectivity index (χ1v) is 5.60. The molecule has 0 aromatic heterocycles. The molecule has 1 aromatic rings. The predicted molar refractivity (Wildman–Crippen MR) is 82.3 cm³/mol. The fourth-order valence-electron chi connectivity index (χ4n) is 1.73. The van der Waals surface area contributed by atoms with Gasteiger partial charge in [-0.2, -0.15) is 0 Å². The third kappa shape index (κ3) is 3.53. The van der Waals surface area contributed by atoms with Gasteiger partial charge in [0.2, 0.25) is 0 Å². The molecule has 1 saturated carbocycles. The summed E-state index contributed by atoms with van der Waals surface area (Å²) in [7, 11) is -2.41. The minimum absolute atomic E-state index is 0.398. The smallest absolute Gasteiger partial charge is 0.118 e. The maximum absolute atomic E-state index is 11.9. The van der Waals surface area contributed by atoms with E-state index >= 15 is 0 Å². The molecule has 1 aliphatic rings. The van der Waals surface area contributed by atoms with E-state index in [1.165, 1.54) is 0 Å². The number of hydrogen-bond acceptors (Lipinski definition) is 3. The van der Waals surface area contributed by atoms with Gasteiger partial charge in [-0.1, -0.05) is 31.2 Å². The zero-order chi connectivity index (χ0) is 32.0. The average molecular weight is 298 g/mol. The Balaban J connectivity index is 3.15. The quantitative estimate of drug-likeness (QED) is 0.907. The van der Waals surface area contributed by atoms with Crippen LogP contribution < -0.4 is 4.74 Å². The minimum atomic E-state index is -4.13. The maximum Gasteiger partial charge on any atom is 0.118 e. The lowest BCUT2D eigenvalue weighted by atomic mass is 9.72. The third-order valence-electron chi connectivity index (χ3n) is 2.66. The Morgan fingerprint density at radius 3 is 2.70 bits per heavy atom. The third-order valence-corrected chi connectivity index (χ3v) is 2.66. The molecule has 0 spiro atoms. The molecule has 1 atom stereocenters. The van der Waals surface area contributed by atoms with Crippen molar-refractivity contribution in [1.29, 1.82) is 0 Å².